The summed E-state index contributed by atoms with van der Waals surface area (Å²) >= 11 is 1.46. The van der Waals surface area contributed by atoms with Gasteiger partial charge in [-0.2, -0.15) is 10.2 Å². The van der Waals surface area contributed by atoms with E-state index in [0.29, 0.717) is 16.2 Å². The van der Waals surface area contributed by atoms with E-state index in [2.05, 4.69) is 20.5 Å². The van der Waals surface area contributed by atoms with Crippen LogP contribution in [0.15, 0.2) is 24.5 Å². The largest absolute Gasteiger partial charge is 0.459 e. The lowest BCUT2D eigenvalue weighted by atomic mass is 9.95. The second-order valence-electron chi connectivity index (χ2n) is 8.72. The molecule has 1 N–H and O–H groups in total. The van der Waals surface area contributed by atoms with Crippen LogP contribution in [-0.2, 0) is 24.6 Å². The van der Waals surface area contributed by atoms with Gasteiger partial charge in [0.25, 0.3) is 5.91 Å². The number of hydrogen-bond acceptors (Lipinski definition) is 7. The maximum atomic E-state index is 13.2. The van der Waals surface area contributed by atoms with E-state index in [4.69, 9.17) is 4.74 Å². The number of esters is 1. The van der Waals surface area contributed by atoms with Crippen molar-refractivity contribution in [2.24, 2.45) is 7.05 Å². The van der Waals surface area contributed by atoms with Crippen LogP contribution in [-0.4, -0.2) is 42.4 Å². The first-order chi connectivity index (χ1) is 16.3. The van der Waals surface area contributed by atoms with Gasteiger partial charge in [0.1, 0.15) is 5.00 Å². The highest BCUT2D eigenvalue weighted by Crippen LogP contribution is 2.39. The molecule has 0 aliphatic heterocycles. The molecule has 0 aromatic carbocycles. The first-order valence-electron chi connectivity index (χ1n) is 11.3. The van der Waals surface area contributed by atoms with Crippen molar-refractivity contribution in [2.45, 2.75) is 52.6 Å². The van der Waals surface area contributed by atoms with E-state index in [1.807, 2.05) is 33.9 Å². The van der Waals surface area contributed by atoms with Gasteiger partial charge in [-0.15, -0.1) is 11.3 Å². The Hall–Kier alpha value is -3.53. The number of thiophene rings is 1. The number of carbonyl (C=O) groups is 2. The average Bonchev–Trinajstić information content (AvgIpc) is 3.48. The Balaban J connectivity index is 1.50. The fourth-order valence-corrected chi connectivity index (χ4v) is 5.54. The quantitative estimate of drug-likeness (QED) is 0.431. The molecule has 1 aliphatic carbocycles. The summed E-state index contributed by atoms with van der Waals surface area (Å²) in [5.74, 6) is -0.785. The lowest BCUT2D eigenvalue weighted by Gasteiger charge is -2.14. The molecule has 4 aromatic heterocycles. The van der Waals surface area contributed by atoms with E-state index < -0.39 is 11.9 Å². The predicted molar refractivity (Wildman–Crippen MR) is 129 cm³/mol. The van der Waals surface area contributed by atoms with E-state index >= 15 is 0 Å². The maximum Gasteiger partial charge on any atom is 0.341 e. The van der Waals surface area contributed by atoms with Crippen LogP contribution in [0, 0.1) is 6.92 Å². The predicted octanol–water partition coefficient (Wildman–Crippen LogP) is 4.20. The van der Waals surface area contributed by atoms with Gasteiger partial charge in [-0.05, 0) is 58.1 Å². The topological polar surface area (TPSA) is 103 Å². The van der Waals surface area contributed by atoms with Crippen LogP contribution < -0.4 is 5.32 Å². The molecular formula is C24H26N6O3S. The molecule has 10 heteroatoms. The minimum Gasteiger partial charge on any atom is -0.459 e. The van der Waals surface area contributed by atoms with E-state index in [0.717, 1.165) is 53.1 Å². The van der Waals surface area contributed by atoms with Crippen molar-refractivity contribution < 1.29 is 14.3 Å². The Morgan fingerprint density at radius 2 is 2.03 bits per heavy atom. The fourth-order valence-electron chi connectivity index (χ4n) is 4.27. The number of amides is 1. The number of rotatable bonds is 5. The molecule has 0 saturated carbocycles. The number of hydrogen-bond donors (Lipinski definition) is 1. The van der Waals surface area contributed by atoms with Crippen molar-refractivity contribution in [1.82, 2.24) is 24.4 Å². The van der Waals surface area contributed by atoms with Crippen LogP contribution in [0.3, 0.4) is 0 Å². The number of anilines is 1. The molecule has 4 aromatic rings. The number of fused-ring (bicyclic) bond motifs is 2. The summed E-state index contributed by atoms with van der Waals surface area (Å²) in [4.78, 5) is 31.6. The first kappa shape index (κ1) is 22.3. The van der Waals surface area contributed by atoms with Gasteiger partial charge in [0.15, 0.2) is 11.3 Å². The molecule has 5 rings (SSSR count). The Bertz CT molecular complexity index is 1410. The SMILES string of the molecule is Cc1c(-c2ccnc3cc(C(=O)Nc4sc5c(c4C(=O)OC(C)C)CCCC5)nn23)cnn1C. The van der Waals surface area contributed by atoms with Gasteiger partial charge in [0.2, 0.25) is 0 Å². The minimum atomic E-state index is -0.393. The van der Waals surface area contributed by atoms with Crippen LogP contribution in [0.2, 0.25) is 0 Å². The smallest absolute Gasteiger partial charge is 0.341 e. The number of aryl methyl sites for hydroxylation is 2. The highest BCUT2D eigenvalue weighted by Gasteiger charge is 2.28. The van der Waals surface area contributed by atoms with Gasteiger partial charge >= 0.3 is 5.97 Å². The van der Waals surface area contributed by atoms with Gasteiger partial charge in [-0.3, -0.25) is 9.48 Å². The summed E-state index contributed by atoms with van der Waals surface area (Å²) in [6.07, 6.45) is 7.04. The molecule has 176 valence electrons. The summed E-state index contributed by atoms with van der Waals surface area (Å²) in [6, 6.07) is 3.49. The molecule has 0 fully saturated rings. The van der Waals surface area contributed by atoms with Crippen molar-refractivity contribution in [3.05, 3.63) is 51.9 Å². The third-order valence-corrected chi connectivity index (χ3v) is 7.25. The van der Waals surface area contributed by atoms with Crippen LogP contribution in [0.25, 0.3) is 16.9 Å². The molecule has 0 bridgehead atoms. The maximum absolute atomic E-state index is 13.2. The van der Waals surface area contributed by atoms with Gasteiger partial charge in [0, 0.05) is 35.4 Å². The van der Waals surface area contributed by atoms with Gasteiger partial charge in [0.05, 0.1) is 23.6 Å². The van der Waals surface area contributed by atoms with E-state index in [1.54, 1.807) is 27.7 Å². The van der Waals surface area contributed by atoms with Crippen molar-refractivity contribution in [3.63, 3.8) is 0 Å². The Labute approximate surface area is 200 Å². The molecule has 1 amide bonds. The molecule has 4 heterocycles. The van der Waals surface area contributed by atoms with E-state index in [9.17, 15) is 9.59 Å². The number of carbonyl (C=O) groups excluding carboxylic acids is 2. The Morgan fingerprint density at radius 1 is 1.24 bits per heavy atom. The molecule has 1 aliphatic rings. The standard InChI is InChI=1S/C24H26N6O3S/c1-13(2)33-24(32)21-15-7-5-6-8-19(15)34-23(21)27-22(31)17-11-20-25-10-9-18(30(20)28-17)16-12-26-29(4)14(16)3/h9-13H,5-8H2,1-4H3,(H,27,31). The van der Waals surface area contributed by atoms with E-state index in [1.165, 1.54) is 11.3 Å². The minimum absolute atomic E-state index is 0.219. The molecular weight excluding hydrogens is 452 g/mol. The summed E-state index contributed by atoms with van der Waals surface area (Å²) in [5, 5.41) is 12.3. The molecule has 0 spiro atoms. The second-order valence-corrected chi connectivity index (χ2v) is 9.83. The Morgan fingerprint density at radius 3 is 2.76 bits per heavy atom. The van der Waals surface area contributed by atoms with Crippen LogP contribution in [0.5, 0.6) is 0 Å². The van der Waals surface area contributed by atoms with Crippen molar-refractivity contribution in [3.8, 4) is 11.3 Å². The van der Waals surface area contributed by atoms with Gasteiger partial charge < -0.3 is 10.1 Å². The number of aromatic nitrogens is 5. The third-order valence-electron chi connectivity index (χ3n) is 6.05. The molecule has 9 nitrogen and oxygen atoms in total. The van der Waals surface area contributed by atoms with Crippen LogP contribution >= 0.6 is 11.3 Å². The molecule has 0 radical (unpaired) electrons. The highest BCUT2D eigenvalue weighted by atomic mass is 32.1. The van der Waals surface area contributed by atoms with Crippen molar-refractivity contribution >= 4 is 33.9 Å². The monoisotopic (exact) mass is 478 g/mol. The van der Waals surface area contributed by atoms with E-state index in [-0.39, 0.29) is 11.8 Å². The zero-order chi connectivity index (χ0) is 24.0. The third kappa shape index (κ3) is 3.87. The number of nitrogens with zero attached hydrogens (tertiary/aromatic N) is 5. The summed E-state index contributed by atoms with van der Waals surface area (Å²) in [6.45, 7) is 5.61. The lowest BCUT2D eigenvalue weighted by molar-refractivity contribution is 0.0378. The van der Waals surface area contributed by atoms with Gasteiger partial charge in [-0.25, -0.2) is 14.3 Å². The summed E-state index contributed by atoms with van der Waals surface area (Å²) in [5.41, 5.74) is 4.94. The number of ether oxygens (including phenoxy) is 1. The second kappa shape index (κ2) is 8.68. The average molecular weight is 479 g/mol. The van der Waals surface area contributed by atoms with Gasteiger partial charge in [-0.1, -0.05) is 0 Å². The zero-order valence-electron chi connectivity index (χ0n) is 19.6. The first-order valence-corrected chi connectivity index (χ1v) is 12.2. The van der Waals surface area contributed by atoms with Crippen LogP contribution in [0.4, 0.5) is 5.00 Å². The normalized spacial score (nSPS) is 13.3. The van der Waals surface area contributed by atoms with Crippen molar-refractivity contribution in [2.75, 3.05) is 5.32 Å². The Kier molecular flexibility index (Phi) is 5.68. The molecule has 34 heavy (non-hydrogen) atoms. The van der Waals surface area contributed by atoms with Crippen LogP contribution in [0.1, 0.15) is 63.7 Å². The fraction of sp³-hybridized carbons (Fsp3) is 0.375. The number of nitrogens with one attached hydrogen (secondary N) is 1. The summed E-state index contributed by atoms with van der Waals surface area (Å²) < 4.78 is 8.93. The molecule has 0 atom stereocenters. The summed E-state index contributed by atoms with van der Waals surface area (Å²) in [7, 11) is 1.88. The van der Waals surface area contributed by atoms with Crippen molar-refractivity contribution in [1.29, 1.82) is 0 Å². The molecule has 0 unspecified atom stereocenters. The lowest BCUT2D eigenvalue weighted by Crippen LogP contribution is -2.18. The zero-order valence-corrected chi connectivity index (χ0v) is 20.4. The molecule has 0 saturated heterocycles. The highest BCUT2D eigenvalue weighted by molar-refractivity contribution is 7.17.